The van der Waals surface area contributed by atoms with E-state index in [4.69, 9.17) is 0 Å². The molecule has 0 spiro atoms. The molecule has 0 saturated heterocycles. The lowest BCUT2D eigenvalue weighted by Crippen LogP contribution is -2.18. The van der Waals surface area contributed by atoms with Gasteiger partial charge in [-0.05, 0) is 17.5 Å². The average Bonchev–Trinajstić information content (AvgIpc) is 2.83. The number of benzene rings is 1. The molecule has 0 saturated carbocycles. The van der Waals surface area contributed by atoms with Gasteiger partial charge in [0.2, 0.25) is 0 Å². The van der Waals surface area contributed by atoms with Crippen molar-refractivity contribution in [2.24, 2.45) is 0 Å². The number of hydrogen-bond acceptors (Lipinski definition) is 2. The van der Waals surface area contributed by atoms with Crippen LogP contribution in [-0.4, -0.2) is 14.8 Å². The molecule has 0 radical (unpaired) electrons. The standard InChI is InChI=1S/C12H8FN3O/c13-9-3-1-2-8-5-7-16(12(17)11(8)9)10-4-6-14-15-10/h1-7H,(H,14,15). The Morgan fingerprint density at radius 3 is 2.88 bits per heavy atom. The van der Waals surface area contributed by atoms with Gasteiger partial charge in [0, 0.05) is 18.5 Å². The fourth-order valence-electron chi connectivity index (χ4n) is 1.82. The van der Waals surface area contributed by atoms with Crippen LogP contribution in [0.15, 0.2) is 47.5 Å². The second kappa shape index (κ2) is 3.55. The fraction of sp³-hybridized carbons (Fsp3) is 0. The summed E-state index contributed by atoms with van der Waals surface area (Å²) in [7, 11) is 0. The maximum absolute atomic E-state index is 13.6. The second-order valence-corrected chi connectivity index (χ2v) is 3.63. The molecule has 0 atom stereocenters. The molecule has 0 bridgehead atoms. The Morgan fingerprint density at radius 2 is 2.12 bits per heavy atom. The molecule has 3 aromatic rings. The van der Waals surface area contributed by atoms with Gasteiger partial charge in [0.25, 0.3) is 5.56 Å². The van der Waals surface area contributed by atoms with Gasteiger partial charge in [0.1, 0.15) is 5.82 Å². The highest BCUT2D eigenvalue weighted by Crippen LogP contribution is 2.14. The van der Waals surface area contributed by atoms with Crippen LogP contribution in [0.2, 0.25) is 0 Å². The summed E-state index contributed by atoms with van der Waals surface area (Å²) in [5.41, 5.74) is -0.410. The highest BCUT2D eigenvalue weighted by Gasteiger charge is 2.09. The zero-order valence-corrected chi connectivity index (χ0v) is 8.72. The minimum atomic E-state index is -0.516. The minimum Gasteiger partial charge on any atom is -0.284 e. The Kier molecular flexibility index (Phi) is 2.04. The Morgan fingerprint density at radius 1 is 1.24 bits per heavy atom. The third-order valence-electron chi connectivity index (χ3n) is 2.61. The van der Waals surface area contributed by atoms with Crippen molar-refractivity contribution < 1.29 is 4.39 Å². The van der Waals surface area contributed by atoms with Crippen LogP contribution in [0.4, 0.5) is 4.39 Å². The van der Waals surface area contributed by atoms with Gasteiger partial charge >= 0.3 is 0 Å². The van der Waals surface area contributed by atoms with E-state index in [1.54, 1.807) is 36.7 Å². The van der Waals surface area contributed by atoms with Crippen molar-refractivity contribution in [3.8, 4) is 5.82 Å². The molecule has 2 aromatic heterocycles. The third kappa shape index (κ3) is 1.44. The molecule has 0 aliphatic rings. The van der Waals surface area contributed by atoms with Gasteiger partial charge in [-0.3, -0.25) is 14.5 Å². The summed E-state index contributed by atoms with van der Waals surface area (Å²) in [5, 5.41) is 7.18. The molecule has 0 unspecified atom stereocenters. The lowest BCUT2D eigenvalue weighted by atomic mass is 10.1. The monoisotopic (exact) mass is 229 g/mol. The SMILES string of the molecule is O=c1c2c(F)cccc2ccn1-c1cc[nH]n1. The molecule has 0 aliphatic carbocycles. The number of nitrogens with zero attached hydrogens (tertiary/aromatic N) is 2. The lowest BCUT2D eigenvalue weighted by molar-refractivity contribution is 0.638. The van der Waals surface area contributed by atoms with Gasteiger partial charge < -0.3 is 0 Å². The zero-order chi connectivity index (χ0) is 11.8. The number of aromatic nitrogens is 3. The fourth-order valence-corrected chi connectivity index (χ4v) is 1.82. The second-order valence-electron chi connectivity index (χ2n) is 3.63. The number of halogens is 1. The first-order valence-electron chi connectivity index (χ1n) is 5.07. The van der Waals surface area contributed by atoms with E-state index in [-0.39, 0.29) is 5.39 Å². The van der Waals surface area contributed by atoms with Crippen LogP contribution in [0.25, 0.3) is 16.6 Å². The van der Waals surface area contributed by atoms with Gasteiger partial charge in [-0.2, -0.15) is 5.10 Å². The molecule has 84 valence electrons. The summed E-state index contributed by atoms with van der Waals surface area (Å²) in [5.74, 6) is -0.0717. The van der Waals surface area contributed by atoms with Crippen LogP contribution in [-0.2, 0) is 0 Å². The maximum atomic E-state index is 13.6. The van der Waals surface area contributed by atoms with Crippen LogP contribution in [0.1, 0.15) is 0 Å². The summed E-state index contributed by atoms with van der Waals surface area (Å²) < 4.78 is 14.9. The molecule has 3 rings (SSSR count). The van der Waals surface area contributed by atoms with Crippen LogP contribution in [0, 0.1) is 5.82 Å². The maximum Gasteiger partial charge on any atom is 0.267 e. The molecular formula is C12H8FN3O. The Bertz CT molecular complexity index is 731. The molecule has 17 heavy (non-hydrogen) atoms. The number of aromatic amines is 1. The Hall–Kier alpha value is -2.43. The molecule has 1 N–H and O–H groups in total. The van der Waals surface area contributed by atoms with Crippen molar-refractivity contribution in [3.63, 3.8) is 0 Å². The van der Waals surface area contributed by atoms with Gasteiger partial charge in [0.15, 0.2) is 5.82 Å². The zero-order valence-electron chi connectivity index (χ0n) is 8.72. The molecule has 4 nitrogen and oxygen atoms in total. The van der Waals surface area contributed by atoms with Crippen LogP contribution in [0.3, 0.4) is 0 Å². The Labute approximate surface area is 95.3 Å². The van der Waals surface area contributed by atoms with Gasteiger partial charge in [-0.25, -0.2) is 4.39 Å². The normalized spacial score (nSPS) is 10.9. The summed E-state index contributed by atoms with van der Waals surface area (Å²) in [6, 6.07) is 7.89. The largest absolute Gasteiger partial charge is 0.284 e. The summed E-state index contributed by atoms with van der Waals surface area (Å²) >= 11 is 0. The highest BCUT2D eigenvalue weighted by molar-refractivity contribution is 5.82. The molecule has 0 amide bonds. The molecule has 2 heterocycles. The number of fused-ring (bicyclic) bond motifs is 1. The molecule has 0 fully saturated rings. The van der Waals surface area contributed by atoms with E-state index in [2.05, 4.69) is 10.2 Å². The van der Waals surface area contributed by atoms with Crippen molar-refractivity contribution in [3.05, 3.63) is 58.9 Å². The topological polar surface area (TPSA) is 50.7 Å². The van der Waals surface area contributed by atoms with Crippen LogP contribution in [0.5, 0.6) is 0 Å². The first-order chi connectivity index (χ1) is 8.27. The van der Waals surface area contributed by atoms with Crippen molar-refractivity contribution in [2.75, 3.05) is 0 Å². The van der Waals surface area contributed by atoms with Gasteiger partial charge in [0.05, 0.1) is 5.39 Å². The van der Waals surface area contributed by atoms with E-state index >= 15 is 0 Å². The van der Waals surface area contributed by atoms with Gasteiger partial charge in [-0.1, -0.05) is 12.1 Å². The Balaban J connectivity index is 2.41. The quantitative estimate of drug-likeness (QED) is 0.692. The predicted octanol–water partition coefficient (Wildman–Crippen LogP) is 1.85. The predicted molar refractivity (Wildman–Crippen MR) is 61.6 cm³/mol. The van der Waals surface area contributed by atoms with E-state index in [1.807, 2.05) is 0 Å². The first kappa shape index (κ1) is 9.77. The summed E-state index contributed by atoms with van der Waals surface area (Å²) in [6.07, 6.45) is 3.19. The third-order valence-corrected chi connectivity index (χ3v) is 2.61. The first-order valence-corrected chi connectivity index (χ1v) is 5.07. The number of nitrogens with one attached hydrogen (secondary N) is 1. The highest BCUT2D eigenvalue weighted by atomic mass is 19.1. The summed E-state index contributed by atoms with van der Waals surface area (Å²) in [4.78, 5) is 12.1. The van der Waals surface area contributed by atoms with E-state index in [0.29, 0.717) is 11.2 Å². The smallest absolute Gasteiger partial charge is 0.267 e. The number of H-pyrrole nitrogens is 1. The molecule has 1 aromatic carbocycles. The number of rotatable bonds is 1. The van der Waals surface area contributed by atoms with Crippen LogP contribution < -0.4 is 5.56 Å². The van der Waals surface area contributed by atoms with E-state index in [0.717, 1.165) is 0 Å². The lowest BCUT2D eigenvalue weighted by Gasteiger charge is -2.04. The van der Waals surface area contributed by atoms with Crippen molar-refractivity contribution in [1.29, 1.82) is 0 Å². The van der Waals surface area contributed by atoms with E-state index < -0.39 is 11.4 Å². The average molecular weight is 229 g/mol. The number of hydrogen-bond donors (Lipinski definition) is 1. The van der Waals surface area contributed by atoms with E-state index in [9.17, 15) is 9.18 Å². The van der Waals surface area contributed by atoms with Crippen molar-refractivity contribution in [2.45, 2.75) is 0 Å². The molecule has 0 aliphatic heterocycles. The number of pyridine rings is 1. The summed E-state index contributed by atoms with van der Waals surface area (Å²) in [6.45, 7) is 0. The minimum absolute atomic E-state index is 0.0815. The van der Waals surface area contributed by atoms with Crippen LogP contribution >= 0.6 is 0 Å². The molecular weight excluding hydrogens is 221 g/mol. The van der Waals surface area contributed by atoms with Gasteiger partial charge in [-0.15, -0.1) is 0 Å². The van der Waals surface area contributed by atoms with E-state index in [1.165, 1.54) is 10.6 Å². The molecule has 5 heteroatoms. The van der Waals surface area contributed by atoms with Crippen molar-refractivity contribution >= 4 is 10.8 Å². The van der Waals surface area contributed by atoms with Crippen molar-refractivity contribution in [1.82, 2.24) is 14.8 Å².